The second kappa shape index (κ2) is 6.37. The Labute approximate surface area is 121 Å². The van der Waals surface area contributed by atoms with Gasteiger partial charge in [-0.1, -0.05) is 41.5 Å². The molecule has 20 heavy (non-hydrogen) atoms. The molecular formula is C16H21NO2S. The van der Waals surface area contributed by atoms with Gasteiger partial charge in [0.05, 0.1) is 4.90 Å². The largest absolute Gasteiger partial charge is 0.243 e. The van der Waals surface area contributed by atoms with Gasteiger partial charge in [-0.2, -0.15) is 4.31 Å². The van der Waals surface area contributed by atoms with Gasteiger partial charge in [-0.05, 0) is 38.8 Å². The maximum atomic E-state index is 12.7. The Morgan fingerprint density at radius 3 is 2.40 bits per heavy atom. The zero-order chi connectivity index (χ0) is 14.6. The molecule has 0 spiro atoms. The molecule has 1 aromatic rings. The molecule has 1 aromatic carbocycles. The third-order valence-electron chi connectivity index (χ3n) is 3.39. The van der Waals surface area contributed by atoms with Crippen LogP contribution in [0, 0.1) is 6.92 Å². The zero-order valence-electron chi connectivity index (χ0n) is 12.0. The van der Waals surface area contributed by atoms with Crippen molar-refractivity contribution in [3.63, 3.8) is 0 Å². The van der Waals surface area contributed by atoms with Crippen molar-refractivity contribution in [1.82, 2.24) is 4.31 Å². The van der Waals surface area contributed by atoms with Gasteiger partial charge in [-0.3, -0.25) is 0 Å². The van der Waals surface area contributed by atoms with E-state index in [2.05, 4.69) is 6.08 Å². The highest BCUT2D eigenvalue weighted by Gasteiger charge is 2.23. The number of nitrogens with zero attached hydrogens (tertiary/aromatic N) is 1. The smallest absolute Gasteiger partial charge is 0.207 e. The minimum atomic E-state index is -3.43. The third-order valence-corrected chi connectivity index (χ3v) is 5.21. The molecule has 0 amide bonds. The van der Waals surface area contributed by atoms with Crippen LogP contribution in [0.25, 0.3) is 0 Å². The zero-order valence-corrected chi connectivity index (χ0v) is 12.9. The van der Waals surface area contributed by atoms with Crippen LogP contribution >= 0.6 is 0 Å². The molecule has 0 unspecified atom stereocenters. The van der Waals surface area contributed by atoms with Gasteiger partial charge >= 0.3 is 0 Å². The molecule has 1 aliphatic heterocycles. The van der Waals surface area contributed by atoms with Crippen molar-refractivity contribution < 1.29 is 8.42 Å². The van der Waals surface area contributed by atoms with E-state index in [-0.39, 0.29) is 0 Å². The van der Waals surface area contributed by atoms with Crippen molar-refractivity contribution in [3.8, 4) is 0 Å². The summed E-state index contributed by atoms with van der Waals surface area (Å²) < 4.78 is 26.9. The molecule has 0 aromatic heterocycles. The summed E-state index contributed by atoms with van der Waals surface area (Å²) in [5.41, 5.74) is 2.16. The molecule has 0 bridgehead atoms. The highest BCUT2D eigenvalue weighted by molar-refractivity contribution is 7.89. The molecule has 1 heterocycles. The summed E-state index contributed by atoms with van der Waals surface area (Å²) in [4.78, 5) is 0.364. The van der Waals surface area contributed by atoms with E-state index >= 15 is 0 Å². The van der Waals surface area contributed by atoms with Crippen LogP contribution in [0.3, 0.4) is 0 Å². The quantitative estimate of drug-likeness (QED) is 0.784. The molecule has 2 rings (SSSR count). The fourth-order valence-corrected chi connectivity index (χ4v) is 3.62. The summed E-state index contributed by atoms with van der Waals surface area (Å²) in [7, 11) is -3.43. The summed E-state index contributed by atoms with van der Waals surface area (Å²) >= 11 is 0. The molecule has 0 radical (unpaired) electrons. The standard InChI is InChI=1S/C16H21NO2S/c1-14-8-10-16(11-9-14)20(18,19)17-12-6-4-3-5-7-15(2)13-17/h4,6-11H,3,5,12-13H2,1-2H3/b6-4-,15-7-. The average Bonchev–Trinajstić information content (AvgIpc) is 2.51. The van der Waals surface area contributed by atoms with Gasteiger partial charge in [-0.15, -0.1) is 0 Å². The van der Waals surface area contributed by atoms with Crippen LogP contribution in [0.5, 0.6) is 0 Å². The maximum absolute atomic E-state index is 12.7. The molecular weight excluding hydrogens is 270 g/mol. The molecule has 0 saturated carbocycles. The third kappa shape index (κ3) is 3.58. The minimum Gasteiger partial charge on any atom is -0.207 e. The molecule has 4 heteroatoms. The molecule has 108 valence electrons. The Morgan fingerprint density at radius 2 is 1.70 bits per heavy atom. The Bertz CT molecular complexity index is 612. The van der Waals surface area contributed by atoms with E-state index in [1.54, 1.807) is 12.1 Å². The summed E-state index contributed by atoms with van der Waals surface area (Å²) in [6, 6.07) is 7.03. The predicted octanol–water partition coefficient (Wildman–Crippen LogP) is 3.28. The minimum absolute atomic E-state index is 0.364. The van der Waals surface area contributed by atoms with Crippen molar-refractivity contribution in [1.29, 1.82) is 0 Å². The first-order valence-electron chi connectivity index (χ1n) is 6.87. The molecule has 0 saturated heterocycles. The molecule has 0 atom stereocenters. The monoisotopic (exact) mass is 291 g/mol. The Hall–Kier alpha value is -1.39. The number of hydrogen-bond acceptors (Lipinski definition) is 2. The van der Waals surface area contributed by atoms with Crippen molar-refractivity contribution in [2.24, 2.45) is 0 Å². The van der Waals surface area contributed by atoms with E-state index in [1.807, 2.05) is 38.1 Å². The fourth-order valence-electron chi connectivity index (χ4n) is 2.19. The molecule has 0 fully saturated rings. The molecule has 1 aliphatic rings. The highest BCUT2D eigenvalue weighted by atomic mass is 32.2. The first-order chi connectivity index (χ1) is 9.50. The normalized spacial score (nSPS) is 22.2. The Morgan fingerprint density at radius 1 is 1.00 bits per heavy atom. The number of aryl methyl sites for hydroxylation is 1. The predicted molar refractivity (Wildman–Crippen MR) is 82.1 cm³/mol. The number of rotatable bonds is 2. The van der Waals surface area contributed by atoms with Crippen LogP contribution in [-0.2, 0) is 10.0 Å². The lowest BCUT2D eigenvalue weighted by Crippen LogP contribution is -2.32. The lowest BCUT2D eigenvalue weighted by atomic mass is 10.2. The number of benzene rings is 1. The van der Waals surface area contributed by atoms with Crippen molar-refractivity contribution in [2.75, 3.05) is 13.1 Å². The fraction of sp³-hybridized carbons (Fsp3) is 0.375. The first-order valence-corrected chi connectivity index (χ1v) is 8.31. The topological polar surface area (TPSA) is 37.4 Å². The summed E-state index contributed by atoms with van der Waals surface area (Å²) in [6.45, 7) is 4.83. The van der Waals surface area contributed by atoms with E-state index < -0.39 is 10.0 Å². The molecule has 3 nitrogen and oxygen atoms in total. The maximum Gasteiger partial charge on any atom is 0.243 e. The van der Waals surface area contributed by atoms with Crippen molar-refractivity contribution >= 4 is 10.0 Å². The summed E-state index contributed by atoms with van der Waals surface area (Å²) in [6.07, 6.45) is 8.05. The molecule has 0 N–H and O–H groups in total. The van der Waals surface area contributed by atoms with E-state index in [9.17, 15) is 8.42 Å². The van der Waals surface area contributed by atoms with Crippen LogP contribution in [0.2, 0.25) is 0 Å². The Balaban J connectivity index is 2.32. The van der Waals surface area contributed by atoms with Crippen LogP contribution in [-0.4, -0.2) is 25.8 Å². The van der Waals surface area contributed by atoms with E-state index in [1.165, 1.54) is 4.31 Å². The van der Waals surface area contributed by atoms with Crippen LogP contribution in [0.1, 0.15) is 25.3 Å². The van der Waals surface area contributed by atoms with E-state index in [0.717, 1.165) is 24.0 Å². The second-order valence-electron chi connectivity index (χ2n) is 5.21. The Kier molecular flexibility index (Phi) is 4.78. The van der Waals surface area contributed by atoms with Crippen molar-refractivity contribution in [3.05, 3.63) is 53.6 Å². The lowest BCUT2D eigenvalue weighted by molar-refractivity contribution is 0.467. The van der Waals surface area contributed by atoms with Gasteiger partial charge in [0.15, 0.2) is 0 Å². The van der Waals surface area contributed by atoms with E-state index in [0.29, 0.717) is 18.0 Å². The van der Waals surface area contributed by atoms with Gasteiger partial charge in [0.25, 0.3) is 0 Å². The first kappa shape index (κ1) is 15.0. The van der Waals surface area contributed by atoms with E-state index in [4.69, 9.17) is 0 Å². The van der Waals surface area contributed by atoms with Gasteiger partial charge in [0.2, 0.25) is 10.0 Å². The number of allylic oxidation sites excluding steroid dienone is 2. The average molecular weight is 291 g/mol. The van der Waals surface area contributed by atoms with Crippen molar-refractivity contribution in [2.45, 2.75) is 31.6 Å². The number of hydrogen-bond donors (Lipinski definition) is 0. The van der Waals surface area contributed by atoms with Crippen LogP contribution < -0.4 is 0 Å². The lowest BCUT2D eigenvalue weighted by Gasteiger charge is -2.21. The summed E-state index contributed by atoms with van der Waals surface area (Å²) in [5.74, 6) is 0. The second-order valence-corrected chi connectivity index (χ2v) is 7.15. The van der Waals surface area contributed by atoms with Crippen LogP contribution in [0.4, 0.5) is 0 Å². The van der Waals surface area contributed by atoms with Gasteiger partial charge < -0.3 is 0 Å². The van der Waals surface area contributed by atoms with Crippen LogP contribution in [0.15, 0.2) is 53.0 Å². The van der Waals surface area contributed by atoms with Gasteiger partial charge in [-0.25, -0.2) is 8.42 Å². The SMILES string of the molecule is C/C1=C/CC/C=C\CN(S(=O)(=O)c2ccc(C)cc2)C1. The summed E-state index contributed by atoms with van der Waals surface area (Å²) in [5, 5.41) is 0. The van der Waals surface area contributed by atoms with Gasteiger partial charge in [0, 0.05) is 13.1 Å². The van der Waals surface area contributed by atoms with Gasteiger partial charge in [0.1, 0.15) is 0 Å². The molecule has 0 aliphatic carbocycles. The highest BCUT2D eigenvalue weighted by Crippen LogP contribution is 2.18. The number of sulfonamides is 1.